The second kappa shape index (κ2) is 9.76. The van der Waals surface area contributed by atoms with E-state index in [2.05, 4.69) is 34.7 Å². The zero-order valence-electron chi connectivity index (χ0n) is 16.4. The summed E-state index contributed by atoms with van der Waals surface area (Å²) in [4.78, 5) is 12.6. The number of carbonyl (C=O) groups excluding carboxylic acids is 1. The Kier molecular flexibility index (Phi) is 7.11. The first-order chi connectivity index (χ1) is 14.0. The molecule has 0 saturated heterocycles. The van der Waals surface area contributed by atoms with Crippen LogP contribution in [0, 0.1) is 5.92 Å². The Labute approximate surface area is 178 Å². The number of thioether (sulfide) groups is 1. The van der Waals surface area contributed by atoms with Crippen LogP contribution in [0.1, 0.15) is 25.5 Å². The van der Waals surface area contributed by atoms with Gasteiger partial charge in [-0.3, -0.25) is 4.79 Å². The molecular formula is C20H22ClN5O2S. The fourth-order valence-electron chi connectivity index (χ4n) is 2.80. The molecule has 3 aromatic rings. The number of methoxy groups -OCH3 is 1. The number of ether oxygens (including phenoxy) is 1. The Morgan fingerprint density at radius 2 is 1.86 bits per heavy atom. The molecule has 0 radical (unpaired) electrons. The topological polar surface area (TPSA) is 81.9 Å². The molecule has 0 fully saturated rings. The SMILES string of the molecule is COc1ccc(C(NC(=O)CSc2nnnn2-c2ccc(Cl)cc2)C(C)C)cc1. The molecule has 1 unspecified atom stereocenters. The van der Waals surface area contributed by atoms with Crippen molar-refractivity contribution in [3.8, 4) is 11.4 Å². The first-order valence-corrected chi connectivity index (χ1v) is 10.4. The number of rotatable bonds is 8. The third kappa shape index (κ3) is 5.48. The molecule has 3 rings (SSSR count). The quantitative estimate of drug-likeness (QED) is 0.544. The molecule has 29 heavy (non-hydrogen) atoms. The molecule has 7 nitrogen and oxygen atoms in total. The number of hydrogen-bond donors (Lipinski definition) is 1. The Morgan fingerprint density at radius 1 is 1.17 bits per heavy atom. The molecule has 0 aliphatic rings. The summed E-state index contributed by atoms with van der Waals surface area (Å²) < 4.78 is 6.79. The van der Waals surface area contributed by atoms with Crippen LogP contribution in [0.5, 0.6) is 5.75 Å². The highest BCUT2D eigenvalue weighted by molar-refractivity contribution is 7.99. The Hall–Kier alpha value is -2.58. The van der Waals surface area contributed by atoms with Crippen LogP contribution in [0.3, 0.4) is 0 Å². The lowest BCUT2D eigenvalue weighted by Gasteiger charge is -2.23. The summed E-state index contributed by atoms with van der Waals surface area (Å²) in [6, 6.07) is 14.8. The third-order valence-electron chi connectivity index (χ3n) is 4.30. The molecule has 0 saturated carbocycles. The standard InChI is InChI=1S/C20H22ClN5O2S/c1-13(2)19(14-4-10-17(28-3)11-5-14)22-18(27)12-29-20-23-24-25-26(20)16-8-6-15(21)7-9-16/h4-11,13,19H,12H2,1-3H3,(H,22,27). The lowest BCUT2D eigenvalue weighted by molar-refractivity contribution is -0.119. The van der Waals surface area contributed by atoms with Gasteiger partial charge in [0.15, 0.2) is 0 Å². The predicted molar refractivity (Wildman–Crippen MR) is 114 cm³/mol. The third-order valence-corrected chi connectivity index (χ3v) is 5.47. The second-order valence-electron chi connectivity index (χ2n) is 6.70. The first kappa shape index (κ1) is 21.1. The zero-order chi connectivity index (χ0) is 20.8. The number of amides is 1. The van der Waals surface area contributed by atoms with Gasteiger partial charge in [-0.25, -0.2) is 0 Å². The van der Waals surface area contributed by atoms with Crippen molar-refractivity contribution in [2.45, 2.75) is 25.0 Å². The highest BCUT2D eigenvalue weighted by atomic mass is 35.5. The Balaban J connectivity index is 1.64. The van der Waals surface area contributed by atoms with E-state index in [1.54, 1.807) is 23.9 Å². The molecule has 2 aromatic carbocycles. The van der Waals surface area contributed by atoms with E-state index in [9.17, 15) is 4.79 Å². The van der Waals surface area contributed by atoms with Crippen LogP contribution in [0.25, 0.3) is 5.69 Å². The number of carbonyl (C=O) groups is 1. The van der Waals surface area contributed by atoms with E-state index in [1.165, 1.54) is 11.8 Å². The van der Waals surface area contributed by atoms with Gasteiger partial charge in [0.1, 0.15) is 5.75 Å². The van der Waals surface area contributed by atoms with Crippen molar-refractivity contribution >= 4 is 29.3 Å². The predicted octanol–water partition coefficient (Wildman–Crippen LogP) is 3.93. The van der Waals surface area contributed by atoms with E-state index < -0.39 is 0 Å². The highest BCUT2D eigenvalue weighted by Crippen LogP contribution is 2.25. The van der Waals surface area contributed by atoms with Crippen molar-refractivity contribution in [2.24, 2.45) is 5.92 Å². The highest BCUT2D eigenvalue weighted by Gasteiger charge is 2.19. The summed E-state index contributed by atoms with van der Waals surface area (Å²) in [5.41, 5.74) is 1.81. The summed E-state index contributed by atoms with van der Waals surface area (Å²) in [5, 5.41) is 16.0. The molecule has 0 aliphatic heterocycles. The molecule has 152 valence electrons. The molecule has 1 atom stereocenters. The number of nitrogens with zero attached hydrogens (tertiary/aromatic N) is 4. The second-order valence-corrected chi connectivity index (χ2v) is 8.08. The van der Waals surface area contributed by atoms with Gasteiger partial charge in [0.05, 0.1) is 24.6 Å². The van der Waals surface area contributed by atoms with Crippen LogP contribution < -0.4 is 10.1 Å². The lowest BCUT2D eigenvalue weighted by Crippen LogP contribution is -2.33. The molecule has 9 heteroatoms. The van der Waals surface area contributed by atoms with E-state index in [-0.39, 0.29) is 23.6 Å². The number of aromatic nitrogens is 4. The summed E-state index contributed by atoms with van der Waals surface area (Å²) in [6.45, 7) is 4.15. The smallest absolute Gasteiger partial charge is 0.230 e. The fourth-order valence-corrected chi connectivity index (χ4v) is 3.63. The lowest BCUT2D eigenvalue weighted by atomic mass is 9.96. The Morgan fingerprint density at radius 3 is 2.48 bits per heavy atom. The molecule has 1 heterocycles. The monoisotopic (exact) mass is 431 g/mol. The minimum Gasteiger partial charge on any atom is -0.497 e. The van der Waals surface area contributed by atoms with Crippen molar-refractivity contribution in [3.63, 3.8) is 0 Å². The minimum atomic E-state index is -0.0960. The van der Waals surface area contributed by atoms with Crippen LogP contribution >= 0.6 is 23.4 Å². The zero-order valence-corrected chi connectivity index (χ0v) is 17.9. The van der Waals surface area contributed by atoms with Gasteiger partial charge in [-0.05, 0) is 58.3 Å². The van der Waals surface area contributed by atoms with E-state index in [1.807, 2.05) is 36.4 Å². The maximum Gasteiger partial charge on any atom is 0.230 e. The van der Waals surface area contributed by atoms with E-state index in [0.717, 1.165) is 17.0 Å². The number of halogens is 1. The van der Waals surface area contributed by atoms with Gasteiger partial charge in [0.2, 0.25) is 11.1 Å². The first-order valence-electron chi connectivity index (χ1n) is 9.08. The van der Waals surface area contributed by atoms with Crippen LogP contribution in [-0.2, 0) is 4.79 Å². The molecule has 1 aromatic heterocycles. The van der Waals surface area contributed by atoms with Crippen molar-refractivity contribution in [2.75, 3.05) is 12.9 Å². The normalized spacial score (nSPS) is 12.0. The Bertz CT molecular complexity index is 944. The molecule has 0 aliphatic carbocycles. The number of tetrazole rings is 1. The van der Waals surface area contributed by atoms with E-state index in [0.29, 0.717) is 10.2 Å². The van der Waals surface area contributed by atoms with Gasteiger partial charge in [0.25, 0.3) is 0 Å². The van der Waals surface area contributed by atoms with Crippen LogP contribution in [-0.4, -0.2) is 39.0 Å². The summed E-state index contributed by atoms with van der Waals surface area (Å²) >= 11 is 7.21. The number of hydrogen-bond acceptors (Lipinski definition) is 6. The average molecular weight is 432 g/mol. The summed E-state index contributed by atoms with van der Waals surface area (Å²) in [7, 11) is 1.63. The van der Waals surface area contributed by atoms with Crippen LogP contribution in [0.2, 0.25) is 5.02 Å². The van der Waals surface area contributed by atoms with E-state index >= 15 is 0 Å². The van der Waals surface area contributed by atoms with Gasteiger partial charge in [-0.2, -0.15) is 4.68 Å². The molecule has 0 spiro atoms. The van der Waals surface area contributed by atoms with Crippen molar-refractivity contribution in [3.05, 3.63) is 59.1 Å². The van der Waals surface area contributed by atoms with Crippen molar-refractivity contribution < 1.29 is 9.53 Å². The molecular weight excluding hydrogens is 410 g/mol. The minimum absolute atomic E-state index is 0.0878. The largest absolute Gasteiger partial charge is 0.497 e. The van der Waals surface area contributed by atoms with Crippen LogP contribution in [0.15, 0.2) is 53.7 Å². The van der Waals surface area contributed by atoms with Gasteiger partial charge >= 0.3 is 0 Å². The van der Waals surface area contributed by atoms with E-state index in [4.69, 9.17) is 16.3 Å². The number of nitrogens with one attached hydrogen (secondary N) is 1. The maximum atomic E-state index is 12.6. The van der Waals surface area contributed by atoms with Crippen LogP contribution in [0.4, 0.5) is 0 Å². The molecule has 0 bridgehead atoms. The van der Waals surface area contributed by atoms with Gasteiger partial charge in [-0.15, -0.1) is 5.10 Å². The van der Waals surface area contributed by atoms with Gasteiger partial charge in [0, 0.05) is 5.02 Å². The maximum absolute atomic E-state index is 12.6. The van der Waals surface area contributed by atoms with Crippen molar-refractivity contribution in [1.29, 1.82) is 0 Å². The summed E-state index contributed by atoms with van der Waals surface area (Å²) in [6.07, 6.45) is 0. The van der Waals surface area contributed by atoms with Gasteiger partial charge < -0.3 is 10.1 Å². The summed E-state index contributed by atoms with van der Waals surface area (Å²) in [5.74, 6) is 1.13. The van der Waals surface area contributed by atoms with Gasteiger partial charge in [-0.1, -0.05) is 49.3 Å². The fraction of sp³-hybridized carbons (Fsp3) is 0.300. The average Bonchev–Trinajstić information content (AvgIpc) is 3.19. The molecule has 1 amide bonds. The molecule has 1 N–H and O–H groups in total. The number of benzene rings is 2. The van der Waals surface area contributed by atoms with Crippen molar-refractivity contribution in [1.82, 2.24) is 25.5 Å².